The molecule has 33 heavy (non-hydrogen) atoms. The van der Waals surface area contributed by atoms with Crippen molar-refractivity contribution in [3.8, 4) is 22.4 Å². The van der Waals surface area contributed by atoms with E-state index in [0.29, 0.717) is 5.56 Å². The zero-order chi connectivity index (χ0) is 25.2. The van der Waals surface area contributed by atoms with Crippen LogP contribution in [0, 0.1) is 20.7 Å². The Morgan fingerprint density at radius 1 is 0.697 bits per heavy atom. The Balaban J connectivity index is 1.63. The number of pyridine rings is 1. The van der Waals surface area contributed by atoms with E-state index < -0.39 is 6.85 Å². The summed E-state index contributed by atoms with van der Waals surface area (Å²) >= 11 is 0. The average Bonchev–Trinajstić information content (AvgIpc) is 3.24. The number of fused-ring (bicyclic) bond motifs is 5. The van der Waals surface area contributed by atoms with Crippen LogP contribution in [0.25, 0.3) is 55.1 Å². The fraction of sp³-hybridized carbons (Fsp3) is 0.129. The van der Waals surface area contributed by atoms with Crippen molar-refractivity contribution in [2.24, 2.45) is 7.05 Å². The van der Waals surface area contributed by atoms with E-state index in [-0.39, 0.29) is 0 Å². The molecule has 160 valence electrons. The van der Waals surface area contributed by atoms with Crippen molar-refractivity contribution >= 4 is 32.7 Å². The molecule has 6 aromatic rings. The highest BCUT2D eigenvalue weighted by Gasteiger charge is 2.21. The largest absolute Gasteiger partial charge is 0.455 e. The summed E-state index contributed by atoms with van der Waals surface area (Å²) in [5, 5.41) is 4.51. The highest BCUT2D eigenvalue weighted by atomic mass is 16.3. The van der Waals surface area contributed by atoms with Gasteiger partial charge >= 0.3 is 0 Å². The van der Waals surface area contributed by atoms with E-state index in [1.807, 2.05) is 54.1 Å². The van der Waals surface area contributed by atoms with Gasteiger partial charge in [0.1, 0.15) is 18.2 Å². The minimum Gasteiger partial charge on any atom is -0.455 e. The maximum Gasteiger partial charge on any atom is 0.213 e. The third-order valence-electron chi connectivity index (χ3n) is 6.74. The van der Waals surface area contributed by atoms with Crippen LogP contribution in [-0.2, 0) is 7.05 Å². The summed E-state index contributed by atoms with van der Waals surface area (Å²) < 4.78 is 32.9. The molecule has 6 rings (SSSR count). The number of rotatable bonds is 2. The second-order valence-corrected chi connectivity index (χ2v) is 8.80. The van der Waals surface area contributed by atoms with Crippen molar-refractivity contribution in [3.63, 3.8) is 0 Å². The second-order valence-electron chi connectivity index (χ2n) is 8.80. The lowest BCUT2D eigenvalue weighted by Gasteiger charge is -2.10. The predicted molar refractivity (Wildman–Crippen MR) is 137 cm³/mol. The molecular weight excluding hydrogens is 402 g/mol. The van der Waals surface area contributed by atoms with E-state index in [2.05, 4.69) is 50.2 Å². The van der Waals surface area contributed by atoms with E-state index in [4.69, 9.17) is 8.53 Å². The highest BCUT2D eigenvalue weighted by molar-refractivity contribution is 6.16. The summed E-state index contributed by atoms with van der Waals surface area (Å²) in [6.07, 6.45) is 1.74. The van der Waals surface area contributed by atoms with Crippen molar-refractivity contribution in [2.75, 3.05) is 0 Å². The number of nitrogens with zero attached hydrogens (tertiary/aromatic N) is 1. The van der Waals surface area contributed by atoms with Crippen LogP contribution in [-0.4, -0.2) is 0 Å². The predicted octanol–water partition coefficient (Wildman–Crippen LogP) is 7.82. The van der Waals surface area contributed by atoms with E-state index in [1.54, 1.807) is 6.20 Å². The van der Waals surface area contributed by atoms with Gasteiger partial charge < -0.3 is 4.42 Å². The van der Waals surface area contributed by atoms with Gasteiger partial charge in [-0.25, -0.2) is 4.57 Å². The molecule has 0 atom stereocenters. The van der Waals surface area contributed by atoms with Gasteiger partial charge in [0.2, 0.25) is 5.69 Å². The monoisotopic (exact) mass is 431 g/mol. The van der Waals surface area contributed by atoms with Gasteiger partial charge in [0.05, 0.1) is 5.56 Å². The normalized spacial score (nSPS) is 13.4. The summed E-state index contributed by atoms with van der Waals surface area (Å²) in [4.78, 5) is 0. The van der Waals surface area contributed by atoms with Crippen LogP contribution in [0.5, 0.6) is 0 Å². The van der Waals surface area contributed by atoms with Gasteiger partial charge in [-0.15, -0.1) is 0 Å². The molecule has 2 heteroatoms. The molecule has 0 aliphatic heterocycles. The maximum atomic E-state index is 8.14. The number of furan rings is 1. The number of benzene rings is 4. The zero-order valence-electron chi connectivity index (χ0n) is 21.9. The van der Waals surface area contributed by atoms with Crippen LogP contribution in [0.15, 0.2) is 89.5 Å². The Hall–Kier alpha value is -3.91. The Morgan fingerprint density at radius 3 is 2.21 bits per heavy atom. The van der Waals surface area contributed by atoms with E-state index in [0.717, 1.165) is 55.3 Å². The number of aryl methyl sites for hydroxylation is 4. The smallest absolute Gasteiger partial charge is 0.213 e. The van der Waals surface area contributed by atoms with E-state index >= 15 is 0 Å². The first-order valence-electron chi connectivity index (χ1n) is 12.7. The molecular formula is C31H26NO+. The molecule has 2 aromatic heterocycles. The Morgan fingerprint density at radius 2 is 1.42 bits per heavy atom. The summed E-state index contributed by atoms with van der Waals surface area (Å²) in [7, 11) is 1.90. The van der Waals surface area contributed by atoms with Gasteiger partial charge in [-0.2, -0.15) is 0 Å². The summed E-state index contributed by atoms with van der Waals surface area (Å²) in [6, 6.07) is 26.5. The van der Waals surface area contributed by atoms with Crippen molar-refractivity contribution in [3.05, 3.63) is 102 Å². The molecule has 0 aliphatic carbocycles. The van der Waals surface area contributed by atoms with Crippen molar-refractivity contribution < 1.29 is 13.1 Å². The molecule has 0 N–H and O–H groups in total. The molecule has 0 unspecified atom stereocenters. The molecule has 0 bridgehead atoms. The summed E-state index contributed by atoms with van der Waals surface area (Å²) in [6.45, 7) is 1.99. The van der Waals surface area contributed by atoms with Crippen LogP contribution >= 0.6 is 0 Å². The lowest BCUT2D eigenvalue weighted by molar-refractivity contribution is -0.660. The molecule has 0 amide bonds. The minimum atomic E-state index is -2.22. The third kappa shape index (κ3) is 2.98. The molecule has 0 spiro atoms. The van der Waals surface area contributed by atoms with Gasteiger partial charge in [-0.05, 0) is 61.0 Å². The van der Waals surface area contributed by atoms with E-state index in [9.17, 15) is 0 Å². The summed E-state index contributed by atoms with van der Waals surface area (Å²) in [5.74, 6) is 0. The molecule has 2 heterocycles. The van der Waals surface area contributed by atoms with Gasteiger partial charge in [0.15, 0.2) is 6.20 Å². The molecule has 2 nitrogen and oxygen atoms in total. The second kappa shape index (κ2) is 7.31. The van der Waals surface area contributed by atoms with Gasteiger partial charge in [-0.3, -0.25) is 0 Å². The average molecular weight is 432 g/mol. The van der Waals surface area contributed by atoms with Crippen LogP contribution in [0.2, 0.25) is 0 Å². The SMILES string of the molecule is [2H]C([2H])([2H])c1c[n+](C)c(-c2ccc3c(oc4c5ccccc5c(C)cc34)c2C)cc1-c1ccccc1. The maximum absolute atomic E-state index is 8.14. The molecule has 4 aromatic carbocycles. The number of aromatic nitrogens is 1. The fourth-order valence-corrected chi connectivity index (χ4v) is 5.03. The van der Waals surface area contributed by atoms with Crippen LogP contribution in [0.1, 0.15) is 20.8 Å². The minimum absolute atomic E-state index is 0.337. The number of hydrogen-bond acceptors (Lipinski definition) is 1. The Kier molecular flexibility index (Phi) is 3.70. The highest BCUT2D eigenvalue weighted by Crippen LogP contribution is 2.39. The lowest BCUT2D eigenvalue weighted by atomic mass is 9.96. The first-order chi connectivity index (χ1) is 17.2. The molecule has 0 radical (unpaired) electrons. The van der Waals surface area contributed by atoms with Crippen LogP contribution < -0.4 is 4.57 Å². The standard InChI is InChI=1S/C31H26NO/c1-19-16-28-26-15-14-24(21(3)30(26)33-31(28)25-13-9-8-12-23(19)25)29-17-27(20(2)18-32(29)4)22-10-6-5-7-11-22/h5-18H,1-4H3/q+1/i2D3. The van der Waals surface area contributed by atoms with Gasteiger partial charge in [0.25, 0.3) is 0 Å². The Labute approximate surface area is 197 Å². The van der Waals surface area contributed by atoms with Crippen LogP contribution in [0.4, 0.5) is 0 Å². The van der Waals surface area contributed by atoms with Crippen molar-refractivity contribution in [1.29, 1.82) is 0 Å². The van der Waals surface area contributed by atoms with Crippen LogP contribution in [0.3, 0.4) is 0 Å². The molecule has 0 aliphatic rings. The summed E-state index contributed by atoms with van der Waals surface area (Å²) in [5.41, 5.74) is 7.90. The first kappa shape index (κ1) is 16.7. The zero-order valence-corrected chi connectivity index (χ0v) is 18.9. The molecule has 0 saturated carbocycles. The van der Waals surface area contributed by atoms with Crippen molar-refractivity contribution in [1.82, 2.24) is 0 Å². The topological polar surface area (TPSA) is 17.0 Å². The Bertz CT molecular complexity index is 1800. The number of hydrogen-bond donors (Lipinski definition) is 0. The van der Waals surface area contributed by atoms with Gasteiger partial charge in [-0.1, -0.05) is 54.6 Å². The molecule has 0 fully saturated rings. The van der Waals surface area contributed by atoms with Crippen molar-refractivity contribution in [2.45, 2.75) is 20.7 Å². The first-order valence-corrected chi connectivity index (χ1v) is 11.2. The quantitative estimate of drug-likeness (QED) is 0.255. The van der Waals surface area contributed by atoms with E-state index in [1.165, 1.54) is 10.9 Å². The van der Waals surface area contributed by atoms with Gasteiger partial charge in [0, 0.05) is 37.5 Å². The third-order valence-corrected chi connectivity index (χ3v) is 6.74. The molecule has 0 saturated heterocycles. The lowest BCUT2D eigenvalue weighted by Crippen LogP contribution is -2.31. The fourth-order valence-electron chi connectivity index (χ4n) is 5.03.